The van der Waals surface area contributed by atoms with Crippen LogP contribution in [0.3, 0.4) is 0 Å². The molecule has 0 saturated heterocycles. The van der Waals surface area contributed by atoms with Crippen molar-refractivity contribution in [1.82, 2.24) is 15.1 Å². The van der Waals surface area contributed by atoms with Crippen molar-refractivity contribution in [1.29, 1.82) is 0 Å². The van der Waals surface area contributed by atoms with Crippen molar-refractivity contribution in [3.8, 4) is 0 Å². The second-order valence-electron chi connectivity index (χ2n) is 6.74. The summed E-state index contributed by atoms with van der Waals surface area (Å²) in [5.41, 5.74) is 1.48. The summed E-state index contributed by atoms with van der Waals surface area (Å²) >= 11 is 0. The van der Waals surface area contributed by atoms with Crippen molar-refractivity contribution in [2.75, 3.05) is 6.26 Å². The highest BCUT2D eigenvalue weighted by molar-refractivity contribution is 7.90. The van der Waals surface area contributed by atoms with Crippen molar-refractivity contribution >= 4 is 15.7 Å². The minimum absolute atomic E-state index is 0.125. The first-order valence-electron chi connectivity index (χ1n) is 8.97. The molecule has 1 amide bonds. The molecule has 150 valence electrons. The van der Waals surface area contributed by atoms with Crippen LogP contribution >= 0.6 is 0 Å². The Morgan fingerprint density at radius 1 is 1.03 bits per heavy atom. The smallest absolute Gasteiger partial charge is 0.272 e. The maximum atomic E-state index is 12.6. The van der Waals surface area contributed by atoms with Gasteiger partial charge in [0.25, 0.3) is 11.5 Å². The molecule has 0 fully saturated rings. The van der Waals surface area contributed by atoms with Gasteiger partial charge in [0.2, 0.25) is 0 Å². The third-order valence-electron chi connectivity index (χ3n) is 4.43. The number of nitrogens with one attached hydrogen (secondary N) is 1. The van der Waals surface area contributed by atoms with Gasteiger partial charge in [-0.3, -0.25) is 9.59 Å². The van der Waals surface area contributed by atoms with Crippen molar-refractivity contribution in [3.63, 3.8) is 0 Å². The van der Waals surface area contributed by atoms with Crippen LogP contribution in [0.25, 0.3) is 0 Å². The third kappa shape index (κ3) is 5.17. The normalized spacial score (nSPS) is 12.3. The van der Waals surface area contributed by atoms with E-state index in [9.17, 15) is 18.0 Å². The Kier molecular flexibility index (Phi) is 5.93. The molecule has 3 aromatic rings. The second-order valence-corrected chi connectivity index (χ2v) is 8.75. The van der Waals surface area contributed by atoms with Crippen LogP contribution in [0, 0.1) is 0 Å². The Morgan fingerprint density at radius 3 is 2.31 bits per heavy atom. The SMILES string of the molecule is CC(NC(=O)c1ccc(=O)n(Cc2ccccc2)n1)c1ccc(S(C)(=O)=O)cc1. The van der Waals surface area contributed by atoms with E-state index in [0.717, 1.165) is 17.4 Å². The Hall–Kier alpha value is -3.26. The average Bonchev–Trinajstić information content (AvgIpc) is 2.70. The van der Waals surface area contributed by atoms with E-state index in [-0.39, 0.29) is 28.7 Å². The number of aromatic nitrogens is 2. The molecule has 1 N–H and O–H groups in total. The predicted molar refractivity (Wildman–Crippen MR) is 109 cm³/mol. The first-order valence-corrected chi connectivity index (χ1v) is 10.9. The monoisotopic (exact) mass is 411 g/mol. The fraction of sp³-hybridized carbons (Fsp3) is 0.190. The first-order chi connectivity index (χ1) is 13.7. The largest absolute Gasteiger partial charge is 0.344 e. The minimum Gasteiger partial charge on any atom is -0.344 e. The fourth-order valence-electron chi connectivity index (χ4n) is 2.80. The molecule has 0 aliphatic rings. The van der Waals surface area contributed by atoms with Gasteiger partial charge in [-0.2, -0.15) is 5.10 Å². The lowest BCUT2D eigenvalue weighted by molar-refractivity contribution is 0.0932. The number of amides is 1. The summed E-state index contributed by atoms with van der Waals surface area (Å²) in [6.45, 7) is 2.05. The van der Waals surface area contributed by atoms with E-state index < -0.39 is 15.7 Å². The van der Waals surface area contributed by atoms with E-state index in [1.807, 2.05) is 30.3 Å². The Balaban J connectivity index is 1.75. The number of benzene rings is 2. The molecule has 0 aliphatic heterocycles. The molecule has 0 radical (unpaired) electrons. The molecule has 0 bridgehead atoms. The predicted octanol–water partition coefficient (Wildman–Crippen LogP) is 2.19. The lowest BCUT2D eigenvalue weighted by Crippen LogP contribution is -2.31. The first kappa shape index (κ1) is 20.5. The molecule has 2 aromatic carbocycles. The maximum absolute atomic E-state index is 12.6. The number of hydrogen-bond donors (Lipinski definition) is 1. The van der Waals surface area contributed by atoms with Crippen molar-refractivity contribution in [3.05, 3.63) is 93.9 Å². The van der Waals surface area contributed by atoms with Gasteiger partial charge in [0.1, 0.15) is 5.69 Å². The number of rotatable bonds is 6. The topological polar surface area (TPSA) is 98.1 Å². The van der Waals surface area contributed by atoms with Crippen LogP contribution in [-0.4, -0.2) is 30.4 Å². The van der Waals surface area contributed by atoms with E-state index in [4.69, 9.17) is 0 Å². The zero-order valence-corrected chi connectivity index (χ0v) is 16.9. The number of sulfone groups is 1. The summed E-state index contributed by atoms with van der Waals surface area (Å²) < 4.78 is 24.4. The fourth-order valence-corrected chi connectivity index (χ4v) is 3.43. The Bertz CT molecular complexity index is 1170. The summed E-state index contributed by atoms with van der Waals surface area (Å²) in [6.07, 6.45) is 1.14. The molecular formula is C21H21N3O4S. The molecule has 0 saturated carbocycles. The van der Waals surface area contributed by atoms with Gasteiger partial charge in [-0.15, -0.1) is 0 Å². The van der Waals surface area contributed by atoms with Gasteiger partial charge < -0.3 is 5.32 Å². The highest BCUT2D eigenvalue weighted by atomic mass is 32.2. The molecule has 1 aromatic heterocycles. The highest BCUT2D eigenvalue weighted by Crippen LogP contribution is 2.16. The zero-order valence-electron chi connectivity index (χ0n) is 16.1. The Morgan fingerprint density at radius 2 is 1.69 bits per heavy atom. The van der Waals surface area contributed by atoms with E-state index in [0.29, 0.717) is 0 Å². The number of nitrogens with zero attached hydrogens (tertiary/aromatic N) is 2. The van der Waals surface area contributed by atoms with Crippen LogP contribution in [0.5, 0.6) is 0 Å². The molecule has 3 rings (SSSR count). The molecule has 1 heterocycles. The zero-order chi connectivity index (χ0) is 21.0. The molecule has 1 unspecified atom stereocenters. The van der Waals surface area contributed by atoms with E-state index >= 15 is 0 Å². The number of hydrogen-bond acceptors (Lipinski definition) is 5. The molecule has 8 heteroatoms. The van der Waals surface area contributed by atoms with Gasteiger partial charge in [0.05, 0.1) is 17.5 Å². The van der Waals surface area contributed by atoms with E-state index in [2.05, 4.69) is 10.4 Å². The van der Waals surface area contributed by atoms with Gasteiger partial charge in [0.15, 0.2) is 9.84 Å². The van der Waals surface area contributed by atoms with Gasteiger partial charge in [-0.1, -0.05) is 42.5 Å². The van der Waals surface area contributed by atoms with Gasteiger partial charge >= 0.3 is 0 Å². The van der Waals surface area contributed by atoms with Crippen LogP contribution in [-0.2, 0) is 16.4 Å². The molecule has 29 heavy (non-hydrogen) atoms. The van der Waals surface area contributed by atoms with Crippen LogP contribution in [0.15, 0.2) is 76.4 Å². The minimum atomic E-state index is -3.28. The van der Waals surface area contributed by atoms with E-state index in [1.165, 1.54) is 28.9 Å². The third-order valence-corrected chi connectivity index (χ3v) is 5.56. The van der Waals surface area contributed by atoms with Gasteiger partial charge in [0, 0.05) is 12.3 Å². The second kappa shape index (κ2) is 8.40. The molecule has 0 aliphatic carbocycles. The summed E-state index contributed by atoms with van der Waals surface area (Å²) in [5.74, 6) is -0.425. The summed E-state index contributed by atoms with van der Waals surface area (Å²) in [6, 6.07) is 18.0. The van der Waals surface area contributed by atoms with Gasteiger partial charge in [-0.05, 0) is 36.2 Å². The standard InChI is InChI=1S/C21H21N3O4S/c1-15(17-8-10-18(11-9-17)29(2,27)28)22-21(26)19-12-13-20(25)24(23-19)14-16-6-4-3-5-7-16/h3-13,15H,14H2,1-2H3,(H,22,26). The lowest BCUT2D eigenvalue weighted by Gasteiger charge is -2.15. The lowest BCUT2D eigenvalue weighted by atomic mass is 10.1. The number of carbonyl (C=O) groups excluding carboxylic acids is 1. The molecule has 0 spiro atoms. The number of carbonyl (C=O) groups is 1. The van der Waals surface area contributed by atoms with E-state index in [1.54, 1.807) is 19.1 Å². The molecular weight excluding hydrogens is 390 g/mol. The van der Waals surface area contributed by atoms with Crippen LogP contribution in [0.2, 0.25) is 0 Å². The summed E-state index contributed by atoms with van der Waals surface area (Å²) in [4.78, 5) is 24.9. The van der Waals surface area contributed by atoms with Crippen LogP contribution < -0.4 is 10.9 Å². The van der Waals surface area contributed by atoms with Crippen LogP contribution in [0.1, 0.15) is 34.6 Å². The van der Waals surface area contributed by atoms with Crippen molar-refractivity contribution in [2.45, 2.75) is 24.4 Å². The summed E-state index contributed by atoms with van der Waals surface area (Å²) in [5, 5.41) is 6.99. The molecule has 1 atom stereocenters. The summed E-state index contributed by atoms with van der Waals surface area (Å²) in [7, 11) is -3.28. The van der Waals surface area contributed by atoms with Crippen molar-refractivity contribution in [2.24, 2.45) is 0 Å². The van der Waals surface area contributed by atoms with Gasteiger partial charge in [-0.25, -0.2) is 13.1 Å². The Labute approximate surface area is 168 Å². The van der Waals surface area contributed by atoms with Crippen molar-refractivity contribution < 1.29 is 13.2 Å². The average molecular weight is 411 g/mol. The molecule has 7 nitrogen and oxygen atoms in total. The van der Waals surface area contributed by atoms with Crippen LogP contribution in [0.4, 0.5) is 0 Å². The maximum Gasteiger partial charge on any atom is 0.272 e. The highest BCUT2D eigenvalue weighted by Gasteiger charge is 2.15. The quantitative estimate of drug-likeness (QED) is 0.670.